The summed E-state index contributed by atoms with van der Waals surface area (Å²) in [4.78, 5) is 26.5. The van der Waals surface area contributed by atoms with Crippen LogP contribution in [0.4, 0.5) is 5.69 Å². The number of carbonyl (C=O) groups excluding carboxylic acids is 1. The maximum Gasteiger partial charge on any atom is 0.336 e. The zero-order valence-electron chi connectivity index (χ0n) is 17.0. The van der Waals surface area contributed by atoms with E-state index < -0.39 is 0 Å². The lowest BCUT2D eigenvalue weighted by Crippen LogP contribution is -2.33. The number of hydrogen-bond acceptors (Lipinski definition) is 5. The molecule has 152 valence electrons. The molecule has 2 aromatic carbocycles. The van der Waals surface area contributed by atoms with Crippen LogP contribution in [0.1, 0.15) is 25.0 Å². The molecule has 0 saturated heterocycles. The minimum Gasteiger partial charge on any atom is -0.497 e. The van der Waals surface area contributed by atoms with E-state index >= 15 is 0 Å². The Kier molecular flexibility index (Phi) is 6.67. The molecule has 0 aliphatic heterocycles. The predicted octanol–water partition coefficient (Wildman–Crippen LogP) is 3.82. The summed E-state index contributed by atoms with van der Waals surface area (Å²) in [7, 11) is 1.59. The third kappa shape index (κ3) is 5.23. The van der Waals surface area contributed by atoms with E-state index in [9.17, 15) is 9.59 Å². The van der Waals surface area contributed by atoms with Crippen molar-refractivity contribution in [3.63, 3.8) is 0 Å². The molecule has 0 bridgehead atoms. The summed E-state index contributed by atoms with van der Waals surface area (Å²) in [6.07, 6.45) is 0.870. The molecule has 1 N–H and O–H groups in total. The summed E-state index contributed by atoms with van der Waals surface area (Å²) >= 11 is 0. The smallest absolute Gasteiger partial charge is 0.336 e. The second-order valence-corrected chi connectivity index (χ2v) is 6.86. The Morgan fingerprint density at radius 1 is 1.14 bits per heavy atom. The monoisotopic (exact) mass is 394 g/mol. The molecule has 3 rings (SSSR count). The molecule has 0 fully saturated rings. The minimum absolute atomic E-state index is 0.124. The lowest BCUT2D eigenvalue weighted by Gasteiger charge is -2.20. The lowest BCUT2D eigenvalue weighted by atomic mass is 10.1. The standard InChI is InChI=1S/C23H26N2O4/c1-4-16-9-10-20-17(12-23(27)29-21(20)11-16)14-25(5-2)15-22(26)24-18-7-6-8-19(13-18)28-3/h6-13H,4-5,14-15H2,1-3H3,(H,24,26). The van der Waals surface area contributed by atoms with Crippen molar-refractivity contribution < 1.29 is 13.9 Å². The van der Waals surface area contributed by atoms with Crippen molar-refractivity contribution >= 4 is 22.6 Å². The highest BCUT2D eigenvalue weighted by molar-refractivity contribution is 5.92. The molecule has 29 heavy (non-hydrogen) atoms. The first-order valence-corrected chi connectivity index (χ1v) is 9.74. The van der Waals surface area contributed by atoms with E-state index in [-0.39, 0.29) is 18.1 Å². The molecule has 0 unspecified atom stereocenters. The lowest BCUT2D eigenvalue weighted by molar-refractivity contribution is -0.117. The maximum absolute atomic E-state index is 12.5. The fourth-order valence-electron chi connectivity index (χ4n) is 3.25. The molecule has 1 heterocycles. The van der Waals surface area contributed by atoms with Crippen molar-refractivity contribution in [2.75, 3.05) is 25.5 Å². The summed E-state index contributed by atoms with van der Waals surface area (Å²) in [6.45, 7) is 5.41. The molecule has 0 atom stereocenters. The number of benzene rings is 2. The SMILES string of the molecule is CCc1ccc2c(CN(CC)CC(=O)Nc3cccc(OC)c3)cc(=O)oc2c1. The zero-order valence-corrected chi connectivity index (χ0v) is 17.0. The van der Waals surface area contributed by atoms with Crippen LogP contribution in [0.3, 0.4) is 0 Å². The van der Waals surface area contributed by atoms with Gasteiger partial charge in [-0.3, -0.25) is 9.69 Å². The summed E-state index contributed by atoms with van der Waals surface area (Å²) in [6, 6.07) is 14.7. The van der Waals surface area contributed by atoms with E-state index in [0.717, 1.165) is 22.9 Å². The third-order valence-electron chi connectivity index (χ3n) is 4.86. The minimum atomic E-state index is -0.377. The number of anilines is 1. The van der Waals surface area contributed by atoms with Crippen molar-refractivity contribution in [2.24, 2.45) is 0 Å². The molecule has 1 amide bonds. The number of nitrogens with zero attached hydrogens (tertiary/aromatic N) is 1. The Morgan fingerprint density at radius 2 is 1.97 bits per heavy atom. The number of fused-ring (bicyclic) bond motifs is 1. The van der Waals surface area contributed by atoms with Gasteiger partial charge in [-0.05, 0) is 42.3 Å². The van der Waals surface area contributed by atoms with Gasteiger partial charge in [-0.25, -0.2) is 4.79 Å². The maximum atomic E-state index is 12.5. The van der Waals surface area contributed by atoms with E-state index in [1.54, 1.807) is 13.2 Å². The summed E-state index contributed by atoms with van der Waals surface area (Å²) < 4.78 is 10.6. The van der Waals surface area contributed by atoms with Crippen molar-refractivity contribution in [2.45, 2.75) is 26.8 Å². The quantitative estimate of drug-likeness (QED) is 0.588. The van der Waals surface area contributed by atoms with Gasteiger partial charge >= 0.3 is 5.63 Å². The largest absolute Gasteiger partial charge is 0.497 e. The molecular weight excluding hydrogens is 368 g/mol. The number of nitrogens with one attached hydrogen (secondary N) is 1. The second kappa shape index (κ2) is 9.39. The number of ether oxygens (including phenoxy) is 1. The molecule has 3 aromatic rings. The Labute approximate surface area is 170 Å². The van der Waals surface area contributed by atoms with Gasteiger partial charge in [0.25, 0.3) is 0 Å². The fourth-order valence-corrected chi connectivity index (χ4v) is 3.25. The molecule has 0 saturated carbocycles. The van der Waals surface area contributed by atoms with Crippen molar-refractivity contribution in [1.29, 1.82) is 0 Å². The Balaban J connectivity index is 1.75. The van der Waals surface area contributed by atoms with Crippen LogP contribution < -0.4 is 15.7 Å². The van der Waals surface area contributed by atoms with E-state index in [0.29, 0.717) is 30.1 Å². The van der Waals surface area contributed by atoms with Gasteiger partial charge in [0.1, 0.15) is 11.3 Å². The van der Waals surface area contributed by atoms with E-state index in [1.165, 1.54) is 6.07 Å². The van der Waals surface area contributed by atoms with Crippen LogP contribution in [0.5, 0.6) is 5.75 Å². The van der Waals surface area contributed by atoms with E-state index in [2.05, 4.69) is 12.2 Å². The normalized spacial score (nSPS) is 11.0. The average Bonchev–Trinajstić information content (AvgIpc) is 2.72. The van der Waals surface area contributed by atoms with Crippen LogP contribution >= 0.6 is 0 Å². The van der Waals surface area contributed by atoms with Crippen LogP contribution in [0, 0.1) is 0 Å². The summed E-state index contributed by atoms with van der Waals surface area (Å²) in [5.74, 6) is 0.560. The van der Waals surface area contributed by atoms with Gasteiger partial charge in [0.15, 0.2) is 0 Å². The van der Waals surface area contributed by atoms with Crippen LogP contribution in [0.15, 0.2) is 57.7 Å². The highest BCUT2D eigenvalue weighted by Gasteiger charge is 2.14. The first-order chi connectivity index (χ1) is 14.0. The van der Waals surface area contributed by atoms with Crippen LogP contribution in [-0.4, -0.2) is 31.0 Å². The average molecular weight is 394 g/mol. The molecule has 1 aromatic heterocycles. The van der Waals surface area contributed by atoms with E-state index in [1.807, 2.05) is 48.2 Å². The first kappa shape index (κ1) is 20.6. The number of aryl methyl sites for hydroxylation is 1. The Hall–Kier alpha value is -3.12. The van der Waals surface area contributed by atoms with Crippen LogP contribution in [0.25, 0.3) is 11.0 Å². The van der Waals surface area contributed by atoms with Crippen molar-refractivity contribution in [3.8, 4) is 5.75 Å². The van der Waals surface area contributed by atoms with Gasteiger partial charge in [-0.2, -0.15) is 0 Å². The second-order valence-electron chi connectivity index (χ2n) is 6.86. The summed E-state index contributed by atoms with van der Waals surface area (Å²) in [5, 5.41) is 3.79. The Morgan fingerprint density at radius 3 is 2.69 bits per heavy atom. The van der Waals surface area contributed by atoms with Gasteiger partial charge in [0.2, 0.25) is 5.91 Å². The third-order valence-corrected chi connectivity index (χ3v) is 4.86. The molecule has 6 heteroatoms. The van der Waals surface area contributed by atoms with Gasteiger partial charge in [-0.1, -0.05) is 32.0 Å². The van der Waals surface area contributed by atoms with Gasteiger partial charge in [0, 0.05) is 29.8 Å². The zero-order chi connectivity index (χ0) is 20.8. The molecule has 0 radical (unpaired) electrons. The number of amides is 1. The summed E-state index contributed by atoms with van der Waals surface area (Å²) in [5.41, 5.74) is 2.86. The highest BCUT2D eigenvalue weighted by atomic mass is 16.5. The number of methoxy groups -OCH3 is 1. The topological polar surface area (TPSA) is 71.8 Å². The molecule has 0 aliphatic carbocycles. The highest BCUT2D eigenvalue weighted by Crippen LogP contribution is 2.21. The number of carbonyl (C=O) groups is 1. The van der Waals surface area contributed by atoms with Crippen molar-refractivity contribution in [3.05, 3.63) is 70.1 Å². The fraction of sp³-hybridized carbons (Fsp3) is 0.304. The molecule has 0 aliphatic rings. The molecule has 6 nitrogen and oxygen atoms in total. The molecular formula is C23H26N2O4. The van der Waals surface area contributed by atoms with Crippen LogP contribution in [0.2, 0.25) is 0 Å². The number of hydrogen-bond donors (Lipinski definition) is 1. The van der Waals surface area contributed by atoms with E-state index in [4.69, 9.17) is 9.15 Å². The van der Waals surface area contributed by atoms with Crippen molar-refractivity contribution in [1.82, 2.24) is 4.90 Å². The Bertz CT molecular complexity index is 1060. The van der Waals surface area contributed by atoms with Gasteiger partial charge < -0.3 is 14.5 Å². The number of rotatable bonds is 8. The molecule has 0 spiro atoms. The van der Waals surface area contributed by atoms with Gasteiger partial charge in [-0.15, -0.1) is 0 Å². The number of likely N-dealkylation sites (N-methyl/N-ethyl adjacent to an activating group) is 1. The van der Waals surface area contributed by atoms with Crippen LogP contribution in [-0.2, 0) is 17.8 Å². The van der Waals surface area contributed by atoms with Gasteiger partial charge in [0.05, 0.1) is 13.7 Å². The predicted molar refractivity (Wildman–Crippen MR) is 114 cm³/mol. The first-order valence-electron chi connectivity index (χ1n) is 9.74.